The number of fused-ring (bicyclic) bond motifs is 2. The van der Waals surface area contributed by atoms with Crippen LogP contribution in [0.25, 0.3) is 21.5 Å². The summed E-state index contributed by atoms with van der Waals surface area (Å²) in [6, 6.07) is 8.45. The first-order valence-corrected chi connectivity index (χ1v) is 13.8. The number of aromatic nitrogens is 2. The van der Waals surface area contributed by atoms with Gasteiger partial charge in [0.1, 0.15) is 40.5 Å². The van der Waals surface area contributed by atoms with E-state index in [-0.39, 0.29) is 46.9 Å². The minimum Gasteiger partial charge on any atom is -0.494 e. The highest BCUT2D eigenvalue weighted by atomic mass is 32.1. The lowest BCUT2D eigenvalue weighted by Crippen LogP contribution is -2.52. The smallest absolute Gasteiger partial charge is 0.424 e. The summed E-state index contributed by atoms with van der Waals surface area (Å²) in [7, 11) is 1.37. The Balaban J connectivity index is 1.61. The molecule has 0 fully saturated rings. The molecule has 2 amide bonds. The van der Waals surface area contributed by atoms with Gasteiger partial charge in [0.15, 0.2) is 0 Å². The molecule has 9 nitrogen and oxygen atoms in total. The summed E-state index contributed by atoms with van der Waals surface area (Å²) in [6.07, 6.45) is -5.27. The van der Waals surface area contributed by atoms with Gasteiger partial charge in [0.05, 0.1) is 29.1 Å². The lowest BCUT2D eigenvalue weighted by Gasteiger charge is -2.32. The third kappa shape index (κ3) is 5.03. The van der Waals surface area contributed by atoms with Crippen molar-refractivity contribution in [3.63, 3.8) is 0 Å². The topological polar surface area (TPSA) is 137 Å². The van der Waals surface area contributed by atoms with Gasteiger partial charge in [-0.25, -0.2) is 14.4 Å². The molecule has 0 bridgehead atoms. The highest BCUT2D eigenvalue weighted by Gasteiger charge is 2.58. The molecule has 0 spiro atoms. The normalized spacial score (nSPS) is 17.7. The number of hydrogen-bond donors (Lipinski definition) is 3. The van der Waals surface area contributed by atoms with Gasteiger partial charge in [-0.3, -0.25) is 9.59 Å². The predicted molar refractivity (Wildman–Crippen MR) is 149 cm³/mol. The lowest BCUT2D eigenvalue weighted by molar-refractivity contribution is -0.265. The number of aliphatic hydroxyl groups is 1. The number of ether oxygens (including phenoxy) is 2. The molecule has 0 saturated heterocycles. The molecule has 5 rings (SSSR count). The third-order valence-electron chi connectivity index (χ3n) is 7.59. The number of nitrogens with one attached hydrogen (secondary N) is 1. The molecule has 1 aliphatic rings. The molecule has 43 heavy (non-hydrogen) atoms. The van der Waals surface area contributed by atoms with Crippen molar-refractivity contribution in [3.05, 3.63) is 70.1 Å². The number of thiazole rings is 1. The average molecular weight is 619 g/mol. The Morgan fingerprint density at radius 3 is 2.49 bits per heavy atom. The molecule has 0 aliphatic carbocycles. The number of nitrogens with two attached hydrogens (primary N) is 1. The Labute approximate surface area is 246 Å². The minimum absolute atomic E-state index is 0.00317. The molecule has 226 valence electrons. The van der Waals surface area contributed by atoms with E-state index in [1.54, 1.807) is 13.8 Å². The van der Waals surface area contributed by atoms with Crippen LogP contribution in [0.4, 0.5) is 17.6 Å². The Morgan fingerprint density at radius 2 is 1.88 bits per heavy atom. The van der Waals surface area contributed by atoms with Gasteiger partial charge in [0.25, 0.3) is 5.91 Å². The molecule has 3 heterocycles. The number of alkyl halides is 3. The molecular weight excluding hydrogens is 592 g/mol. The maximum Gasteiger partial charge on any atom is 0.424 e. The van der Waals surface area contributed by atoms with Gasteiger partial charge < -0.3 is 25.6 Å². The van der Waals surface area contributed by atoms with E-state index in [4.69, 9.17) is 15.2 Å². The van der Waals surface area contributed by atoms with Crippen LogP contribution in [0, 0.1) is 12.7 Å². The number of nitrogens with zero attached hydrogens (tertiary/aromatic N) is 2. The monoisotopic (exact) mass is 618 g/mol. The average Bonchev–Trinajstić information content (AvgIpc) is 3.54. The van der Waals surface area contributed by atoms with Crippen molar-refractivity contribution < 1.29 is 41.7 Å². The molecule has 14 heteroatoms. The third-order valence-corrected chi connectivity index (χ3v) is 8.51. The number of methoxy groups -OCH3 is 1. The van der Waals surface area contributed by atoms with Gasteiger partial charge in [-0.2, -0.15) is 13.2 Å². The molecular formula is C29H26F4N4O5S. The second kappa shape index (κ2) is 10.8. The van der Waals surface area contributed by atoms with Gasteiger partial charge in [-0.1, -0.05) is 6.92 Å². The molecule has 2 aromatic carbocycles. The number of pyridine rings is 1. The molecule has 2 atom stereocenters. The predicted octanol–water partition coefficient (Wildman–Crippen LogP) is 4.52. The van der Waals surface area contributed by atoms with Crippen LogP contribution in [-0.2, 0) is 15.8 Å². The number of benzene rings is 2. The number of amides is 2. The van der Waals surface area contributed by atoms with E-state index in [2.05, 4.69) is 15.3 Å². The van der Waals surface area contributed by atoms with Gasteiger partial charge in [-0.05, 0) is 55.8 Å². The standard InChI is InChI=1S/C29H26F4N4O5S/c1-4-27(26(34)39)13-42-24-18(27)11-21(37-22(24)15-5-7-17(30)8-6-15)28(40,29(31,32)33)12-35-25(38)16-9-19(41-3)23-20(10-16)43-14(2)36-23/h5-11,40H,4,12-13H2,1-3H3,(H2,34,39)(H,35,38)/t27-,28?/m0/s1. The number of carbonyl (C=O) groups is 2. The minimum atomic E-state index is -5.35. The molecule has 1 unspecified atom stereocenters. The molecule has 4 N–H and O–H groups in total. The Hall–Kier alpha value is -4.30. The lowest BCUT2D eigenvalue weighted by atomic mass is 9.78. The Kier molecular flexibility index (Phi) is 7.55. The van der Waals surface area contributed by atoms with E-state index in [1.165, 1.54) is 42.7 Å². The van der Waals surface area contributed by atoms with Crippen molar-refractivity contribution in [1.82, 2.24) is 15.3 Å². The highest BCUT2D eigenvalue weighted by Crippen LogP contribution is 2.49. The van der Waals surface area contributed by atoms with Crippen molar-refractivity contribution in [1.29, 1.82) is 0 Å². The van der Waals surface area contributed by atoms with E-state index in [1.807, 2.05) is 0 Å². The second-order valence-corrected chi connectivity index (χ2v) is 11.4. The van der Waals surface area contributed by atoms with Crippen LogP contribution >= 0.6 is 11.3 Å². The first-order valence-electron chi connectivity index (χ1n) is 13.0. The van der Waals surface area contributed by atoms with Crippen LogP contribution in [0.1, 0.15) is 40.0 Å². The summed E-state index contributed by atoms with van der Waals surface area (Å²) < 4.78 is 69.4. The van der Waals surface area contributed by atoms with Crippen LogP contribution in [0.3, 0.4) is 0 Å². The van der Waals surface area contributed by atoms with E-state index < -0.39 is 47.1 Å². The summed E-state index contributed by atoms with van der Waals surface area (Å²) in [4.78, 5) is 34.2. The van der Waals surface area contributed by atoms with Crippen LogP contribution in [0.2, 0.25) is 0 Å². The first-order chi connectivity index (χ1) is 20.2. The fraction of sp³-hybridized carbons (Fsp3) is 0.310. The highest BCUT2D eigenvalue weighted by molar-refractivity contribution is 7.18. The quantitative estimate of drug-likeness (QED) is 0.247. The number of aryl methyl sites for hydroxylation is 1. The molecule has 4 aromatic rings. The fourth-order valence-corrected chi connectivity index (χ4v) is 5.92. The first kappa shape index (κ1) is 30.2. The zero-order valence-corrected chi connectivity index (χ0v) is 24.0. The van der Waals surface area contributed by atoms with Gasteiger partial charge >= 0.3 is 6.18 Å². The largest absolute Gasteiger partial charge is 0.494 e. The Bertz CT molecular complexity index is 1740. The summed E-state index contributed by atoms with van der Waals surface area (Å²) in [5.74, 6) is -2.12. The van der Waals surface area contributed by atoms with E-state index in [0.29, 0.717) is 15.2 Å². The van der Waals surface area contributed by atoms with Gasteiger partial charge in [0.2, 0.25) is 11.5 Å². The summed E-state index contributed by atoms with van der Waals surface area (Å²) >= 11 is 1.27. The van der Waals surface area contributed by atoms with Crippen molar-refractivity contribution in [2.75, 3.05) is 20.3 Å². The summed E-state index contributed by atoms with van der Waals surface area (Å²) in [6.45, 7) is 1.78. The zero-order valence-electron chi connectivity index (χ0n) is 23.1. The maximum atomic E-state index is 14.7. The van der Waals surface area contributed by atoms with Crippen LogP contribution in [0.15, 0.2) is 42.5 Å². The molecule has 2 aromatic heterocycles. The van der Waals surface area contributed by atoms with Gasteiger partial charge in [0, 0.05) is 16.7 Å². The van der Waals surface area contributed by atoms with E-state index in [9.17, 15) is 32.3 Å². The molecule has 0 saturated carbocycles. The number of rotatable bonds is 8. The second-order valence-electron chi connectivity index (χ2n) is 10.1. The number of halogens is 4. The number of primary amides is 1. The van der Waals surface area contributed by atoms with Crippen molar-refractivity contribution in [2.24, 2.45) is 5.73 Å². The molecule has 1 aliphatic heterocycles. The van der Waals surface area contributed by atoms with Crippen molar-refractivity contribution in [3.8, 4) is 22.8 Å². The van der Waals surface area contributed by atoms with Crippen molar-refractivity contribution >= 4 is 33.4 Å². The SMILES string of the molecule is CC[C@]1(C(N)=O)COc2c1cc(C(O)(CNC(=O)c1cc(OC)c3nc(C)sc3c1)C(F)(F)F)nc2-c1ccc(F)cc1. The van der Waals surface area contributed by atoms with E-state index >= 15 is 0 Å². The van der Waals surface area contributed by atoms with Crippen LogP contribution in [0.5, 0.6) is 11.5 Å². The zero-order chi connectivity index (χ0) is 31.3. The van der Waals surface area contributed by atoms with E-state index in [0.717, 1.165) is 18.2 Å². The summed E-state index contributed by atoms with van der Waals surface area (Å²) in [5, 5.41) is 14.1. The van der Waals surface area contributed by atoms with Crippen molar-refractivity contribution in [2.45, 2.75) is 37.5 Å². The van der Waals surface area contributed by atoms with Crippen LogP contribution < -0.4 is 20.5 Å². The maximum absolute atomic E-state index is 14.7. The number of hydrogen-bond acceptors (Lipinski definition) is 8. The molecule has 0 radical (unpaired) electrons. The van der Waals surface area contributed by atoms with Gasteiger partial charge in [-0.15, -0.1) is 11.3 Å². The number of carbonyl (C=O) groups excluding carboxylic acids is 2. The fourth-order valence-electron chi connectivity index (χ4n) is 5.04. The summed E-state index contributed by atoms with van der Waals surface area (Å²) in [5.41, 5.74) is 0.0422. The Morgan fingerprint density at radius 1 is 1.19 bits per heavy atom. The van der Waals surface area contributed by atoms with Crippen LogP contribution in [-0.4, -0.2) is 53.3 Å².